The van der Waals surface area contributed by atoms with Crippen molar-refractivity contribution in [1.82, 2.24) is 9.78 Å². The average molecular weight is 354 g/mol. The lowest BCUT2D eigenvalue weighted by Crippen LogP contribution is -2.15. The van der Waals surface area contributed by atoms with Crippen molar-refractivity contribution in [2.75, 3.05) is 5.32 Å². The topological polar surface area (TPSA) is 64.0 Å². The maximum atomic E-state index is 12.6. The predicted molar refractivity (Wildman–Crippen MR) is 97.7 cm³/mol. The number of nitrogens with one attached hydrogen (secondary N) is 1. The lowest BCUT2D eigenvalue weighted by molar-refractivity contribution is 0.101. The van der Waals surface area contributed by atoms with Gasteiger partial charge in [-0.2, -0.15) is 5.10 Å². The number of ketones is 1. The molecule has 0 aliphatic carbocycles. The summed E-state index contributed by atoms with van der Waals surface area (Å²) in [7, 11) is 0. The summed E-state index contributed by atoms with van der Waals surface area (Å²) in [4.78, 5) is 24.3. The van der Waals surface area contributed by atoms with Gasteiger partial charge in [-0.1, -0.05) is 29.8 Å². The fraction of sp³-hybridized carbons (Fsp3) is 0.105. The van der Waals surface area contributed by atoms with Crippen LogP contribution in [0.25, 0.3) is 5.69 Å². The minimum Gasteiger partial charge on any atom is -0.321 e. The molecule has 0 radical (unpaired) electrons. The van der Waals surface area contributed by atoms with E-state index in [9.17, 15) is 9.59 Å². The smallest absolute Gasteiger partial charge is 0.259 e. The van der Waals surface area contributed by atoms with Gasteiger partial charge in [0.05, 0.1) is 28.8 Å². The Balaban J connectivity index is 1.91. The van der Waals surface area contributed by atoms with Crippen molar-refractivity contribution >= 4 is 29.0 Å². The van der Waals surface area contributed by atoms with Gasteiger partial charge >= 0.3 is 0 Å². The Kier molecular flexibility index (Phi) is 4.67. The number of hydrogen-bond donors (Lipinski definition) is 1. The Labute approximate surface area is 150 Å². The molecule has 0 atom stereocenters. The SMILES string of the molecule is CC(=O)c1ccccc1NC(=O)c1cnn(-c2cccc(Cl)c2)c1C. The number of carbonyl (C=O) groups excluding carboxylic acids is 2. The number of nitrogens with zero attached hydrogens (tertiary/aromatic N) is 2. The molecule has 1 amide bonds. The number of hydrogen-bond acceptors (Lipinski definition) is 3. The van der Waals surface area contributed by atoms with E-state index in [0.717, 1.165) is 5.69 Å². The zero-order valence-electron chi connectivity index (χ0n) is 13.8. The molecule has 3 rings (SSSR count). The zero-order valence-corrected chi connectivity index (χ0v) is 14.5. The second kappa shape index (κ2) is 6.91. The van der Waals surface area contributed by atoms with Gasteiger partial charge < -0.3 is 5.32 Å². The summed E-state index contributed by atoms with van der Waals surface area (Å²) in [6.45, 7) is 3.27. The molecule has 1 N–H and O–H groups in total. The Morgan fingerprint density at radius 3 is 2.56 bits per heavy atom. The highest BCUT2D eigenvalue weighted by atomic mass is 35.5. The first-order valence-corrected chi connectivity index (χ1v) is 8.07. The number of carbonyl (C=O) groups is 2. The summed E-state index contributed by atoms with van der Waals surface area (Å²) >= 11 is 6.02. The van der Waals surface area contributed by atoms with Crippen LogP contribution in [0.15, 0.2) is 54.7 Å². The first-order valence-electron chi connectivity index (χ1n) is 7.69. The molecule has 5 nitrogen and oxygen atoms in total. The molecule has 25 heavy (non-hydrogen) atoms. The molecule has 6 heteroatoms. The van der Waals surface area contributed by atoms with Crippen molar-refractivity contribution in [3.63, 3.8) is 0 Å². The number of anilines is 1. The number of Topliss-reactive ketones (excluding diaryl/α,β-unsaturated/α-hetero) is 1. The molecule has 0 saturated carbocycles. The van der Waals surface area contributed by atoms with Crippen LogP contribution >= 0.6 is 11.6 Å². The number of halogens is 1. The number of rotatable bonds is 4. The van der Waals surface area contributed by atoms with E-state index in [-0.39, 0.29) is 11.7 Å². The monoisotopic (exact) mass is 353 g/mol. The second-order valence-electron chi connectivity index (χ2n) is 5.59. The van der Waals surface area contributed by atoms with E-state index >= 15 is 0 Å². The first kappa shape index (κ1) is 16.9. The quantitative estimate of drug-likeness (QED) is 0.711. The largest absolute Gasteiger partial charge is 0.321 e. The van der Waals surface area contributed by atoms with Gasteiger partial charge in [0, 0.05) is 10.6 Å². The lowest BCUT2D eigenvalue weighted by Gasteiger charge is -2.09. The molecule has 0 fully saturated rings. The molecular weight excluding hydrogens is 338 g/mol. The van der Waals surface area contributed by atoms with E-state index in [4.69, 9.17) is 11.6 Å². The van der Waals surface area contributed by atoms with Crippen LogP contribution in [0.2, 0.25) is 5.02 Å². The van der Waals surface area contributed by atoms with E-state index in [2.05, 4.69) is 10.4 Å². The van der Waals surface area contributed by atoms with Crippen LogP contribution < -0.4 is 5.32 Å². The minimum absolute atomic E-state index is 0.109. The maximum absolute atomic E-state index is 12.6. The fourth-order valence-corrected chi connectivity index (χ4v) is 2.77. The Morgan fingerprint density at radius 2 is 1.84 bits per heavy atom. The van der Waals surface area contributed by atoms with Crippen LogP contribution in [0, 0.1) is 6.92 Å². The number of amides is 1. The van der Waals surface area contributed by atoms with Crippen LogP contribution in [-0.4, -0.2) is 21.5 Å². The highest BCUT2D eigenvalue weighted by Crippen LogP contribution is 2.20. The molecule has 0 saturated heterocycles. The van der Waals surface area contributed by atoms with E-state index in [1.807, 2.05) is 12.1 Å². The van der Waals surface area contributed by atoms with E-state index in [1.54, 1.807) is 48.0 Å². The summed E-state index contributed by atoms with van der Waals surface area (Å²) in [6.07, 6.45) is 1.50. The van der Waals surface area contributed by atoms with Crippen LogP contribution in [-0.2, 0) is 0 Å². The maximum Gasteiger partial charge on any atom is 0.259 e. The van der Waals surface area contributed by atoms with Gasteiger partial charge in [0.25, 0.3) is 5.91 Å². The van der Waals surface area contributed by atoms with Gasteiger partial charge in [-0.25, -0.2) is 4.68 Å². The molecule has 0 spiro atoms. The van der Waals surface area contributed by atoms with Crippen molar-refractivity contribution in [1.29, 1.82) is 0 Å². The summed E-state index contributed by atoms with van der Waals surface area (Å²) < 4.78 is 1.65. The van der Waals surface area contributed by atoms with Crippen LogP contribution in [0.1, 0.15) is 33.3 Å². The van der Waals surface area contributed by atoms with Crippen molar-refractivity contribution in [2.45, 2.75) is 13.8 Å². The minimum atomic E-state index is -0.320. The molecular formula is C19H16ClN3O2. The van der Waals surface area contributed by atoms with Gasteiger partial charge in [0.1, 0.15) is 0 Å². The molecule has 2 aromatic carbocycles. The van der Waals surface area contributed by atoms with Crippen molar-refractivity contribution in [3.8, 4) is 5.69 Å². The van der Waals surface area contributed by atoms with E-state index < -0.39 is 0 Å². The third kappa shape index (κ3) is 3.46. The molecule has 0 unspecified atom stereocenters. The van der Waals surface area contributed by atoms with Crippen LogP contribution in [0.5, 0.6) is 0 Å². The van der Waals surface area contributed by atoms with Crippen molar-refractivity contribution < 1.29 is 9.59 Å². The second-order valence-corrected chi connectivity index (χ2v) is 6.03. The van der Waals surface area contributed by atoms with E-state index in [0.29, 0.717) is 27.5 Å². The molecule has 3 aromatic rings. The van der Waals surface area contributed by atoms with Gasteiger partial charge in [-0.05, 0) is 44.2 Å². The van der Waals surface area contributed by atoms with Gasteiger partial charge in [0.2, 0.25) is 0 Å². The zero-order chi connectivity index (χ0) is 18.0. The standard InChI is InChI=1S/C19H16ClN3O2/c1-12-17(11-21-23(12)15-7-5-6-14(20)10-15)19(25)22-18-9-4-3-8-16(18)13(2)24/h3-11H,1-2H3,(H,22,25). The number of para-hydroxylation sites is 1. The highest BCUT2D eigenvalue weighted by molar-refractivity contribution is 6.30. The van der Waals surface area contributed by atoms with Crippen molar-refractivity contribution in [3.05, 3.63) is 76.6 Å². The number of benzene rings is 2. The molecule has 1 aromatic heterocycles. The lowest BCUT2D eigenvalue weighted by atomic mass is 10.1. The molecule has 126 valence electrons. The van der Waals surface area contributed by atoms with Crippen LogP contribution in [0.4, 0.5) is 5.69 Å². The molecule has 1 heterocycles. The molecule has 0 aliphatic heterocycles. The van der Waals surface area contributed by atoms with Crippen LogP contribution in [0.3, 0.4) is 0 Å². The summed E-state index contributed by atoms with van der Waals surface area (Å²) in [5.41, 5.74) is 2.83. The summed E-state index contributed by atoms with van der Waals surface area (Å²) in [6, 6.07) is 14.1. The molecule has 0 bridgehead atoms. The third-order valence-electron chi connectivity index (χ3n) is 3.86. The predicted octanol–water partition coefficient (Wildman–Crippen LogP) is 4.29. The van der Waals surface area contributed by atoms with Gasteiger partial charge in [-0.15, -0.1) is 0 Å². The highest BCUT2D eigenvalue weighted by Gasteiger charge is 2.17. The third-order valence-corrected chi connectivity index (χ3v) is 4.10. The Bertz CT molecular complexity index is 963. The normalized spacial score (nSPS) is 10.5. The van der Waals surface area contributed by atoms with Crippen molar-refractivity contribution in [2.24, 2.45) is 0 Å². The summed E-state index contributed by atoms with van der Waals surface area (Å²) in [5, 5.41) is 7.66. The van der Waals surface area contributed by atoms with Gasteiger partial charge in [0.15, 0.2) is 5.78 Å². The Morgan fingerprint density at radius 1 is 1.08 bits per heavy atom. The van der Waals surface area contributed by atoms with Gasteiger partial charge in [-0.3, -0.25) is 9.59 Å². The fourth-order valence-electron chi connectivity index (χ4n) is 2.59. The van der Waals surface area contributed by atoms with E-state index in [1.165, 1.54) is 13.1 Å². The number of aromatic nitrogens is 2. The summed E-state index contributed by atoms with van der Waals surface area (Å²) in [5.74, 6) is -0.429. The molecule has 0 aliphatic rings. The first-order chi connectivity index (χ1) is 12.0. The Hall–Kier alpha value is -2.92. The average Bonchev–Trinajstić information content (AvgIpc) is 2.97.